The zero-order valence-corrected chi connectivity index (χ0v) is 20.7. The van der Waals surface area contributed by atoms with Crippen molar-refractivity contribution in [3.63, 3.8) is 0 Å². The molecule has 0 bridgehead atoms. The van der Waals surface area contributed by atoms with Gasteiger partial charge in [0.25, 0.3) is 0 Å². The van der Waals surface area contributed by atoms with Crippen LogP contribution < -0.4 is 26.0 Å². The summed E-state index contributed by atoms with van der Waals surface area (Å²) in [6.07, 6.45) is 5.07. The van der Waals surface area contributed by atoms with Gasteiger partial charge in [0.05, 0.1) is 6.04 Å². The number of benzene rings is 1. The molecular weight excluding hydrogens is 432 g/mol. The van der Waals surface area contributed by atoms with Crippen molar-refractivity contribution in [2.45, 2.75) is 83.3 Å². The van der Waals surface area contributed by atoms with Crippen molar-refractivity contribution in [2.24, 2.45) is 5.92 Å². The maximum Gasteiger partial charge on any atom is 0.246 e. The molecule has 1 heterocycles. The van der Waals surface area contributed by atoms with Gasteiger partial charge in [-0.1, -0.05) is 44.9 Å². The molecule has 3 rings (SSSR count). The Labute approximate surface area is 203 Å². The van der Waals surface area contributed by atoms with Crippen molar-refractivity contribution >= 4 is 17.7 Å². The van der Waals surface area contributed by atoms with E-state index in [1.165, 1.54) is 0 Å². The molecule has 1 aliphatic heterocycles. The summed E-state index contributed by atoms with van der Waals surface area (Å²) in [5.74, 6) is 0.455. The molecule has 2 atom stereocenters. The number of carbonyl (C=O) groups excluding carboxylic acids is 3. The predicted octanol–water partition coefficient (Wildman–Crippen LogP) is 2.07. The summed E-state index contributed by atoms with van der Waals surface area (Å²) in [7, 11) is 0. The largest absolute Gasteiger partial charge is 0.492 e. The van der Waals surface area contributed by atoms with Crippen molar-refractivity contribution in [2.75, 3.05) is 19.7 Å². The highest BCUT2D eigenvalue weighted by Gasteiger charge is 2.44. The number of carbonyl (C=O) groups is 3. The molecule has 34 heavy (non-hydrogen) atoms. The van der Waals surface area contributed by atoms with Gasteiger partial charge in [0, 0.05) is 13.1 Å². The molecule has 0 unspecified atom stereocenters. The second kappa shape index (κ2) is 12.2. The Kier molecular flexibility index (Phi) is 9.33. The van der Waals surface area contributed by atoms with E-state index >= 15 is 0 Å². The van der Waals surface area contributed by atoms with E-state index in [0.717, 1.165) is 37.0 Å². The van der Waals surface area contributed by atoms with Gasteiger partial charge in [0.1, 0.15) is 23.9 Å². The van der Waals surface area contributed by atoms with Gasteiger partial charge in [-0.25, -0.2) is 0 Å². The number of aryl methyl sites for hydroxylation is 1. The van der Waals surface area contributed by atoms with Gasteiger partial charge in [-0.2, -0.15) is 0 Å². The van der Waals surface area contributed by atoms with E-state index in [-0.39, 0.29) is 17.7 Å². The summed E-state index contributed by atoms with van der Waals surface area (Å²) >= 11 is 0. The van der Waals surface area contributed by atoms with Crippen LogP contribution in [0, 0.1) is 5.92 Å². The van der Waals surface area contributed by atoms with Gasteiger partial charge in [0.15, 0.2) is 0 Å². The number of fused-ring (bicyclic) bond motifs is 1. The first kappa shape index (κ1) is 26.0. The van der Waals surface area contributed by atoms with Crippen LogP contribution in [-0.4, -0.2) is 55.0 Å². The van der Waals surface area contributed by atoms with Gasteiger partial charge in [0.2, 0.25) is 17.7 Å². The molecule has 8 heteroatoms. The monoisotopic (exact) mass is 472 g/mol. The Balaban J connectivity index is 1.80. The fourth-order valence-corrected chi connectivity index (χ4v) is 4.75. The first-order valence-corrected chi connectivity index (χ1v) is 12.7. The molecule has 1 aromatic rings. The molecule has 188 valence electrons. The van der Waals surface area contributed by atoms with Crippen LogP contribution in [-0.2, 0) is 20.8 Å². The molecule has 0 aromatic heterocycles. The van der Waals surface area contributed by atoms with Crippen molar-refractivity contribution in [1.29, 1.82) is 0 Å². The number of ether oxygens (including phenoxy) is 1. The average molecular weight is 473 g/mol. The number of hydrogen-bond donors (Lipinski definition) is 4. The van der Waals surface area contributed by atoms with Crippen molar-refractivity contribution in [3.8, 4) is 5.75 Å². The van der Waals surface area contributed by atoms with Crippen molar-refractivity contribution < 1.29 is 19.1 Å². The lowest BCUT2D eigenvalue weighted by Gasteiger charge is -2.32. The summed E-state index contributed by atoms with van der Waals surface area (Å²) in [5, 5.41) is 12.2. The van der Waals surface area contributed by atoms with Gasteiger partial charge in [-0.15, -0.1) is 0 Å². The van der Waals surface area contributed by atoms with E-state index in [2.05, 4.69) is 35.1 Å². The van der Waals surface area contributed by atoms with Crippen molar-refractivity contribution in [3.05, 3.63) is 29.8 Å². The smallest absolute Gasteiger partial charge is 0.246 e. The molecule has 8 nitrogen and oxygen atoms in total. The second-order valence-corrected chi connectivity index (χ2v) is 9.96. The Bertz CT molecular complexity index is 851. The Morgan fingerprint density at radius 2 is 1.76 bits per heavy atom. The normalized spacial score (nSPS) is 24.9. The summed E-state index contributed by atoms with van der Waals surface area (Å²) in [5.41, 5.74) is 0.113. The molecule has 4 N–H and O–H groups in total. The molecule has 2 aliphatic rings. The fraction of sp³-hybridized carbons (Fsp3) is 0.654. The highest BCUT2D eigenvalue weighted by Crippen LogP contribution is 2.30. The molecule has 1 spiro atoms. The lowest BCUT2D eigenvalue weighted by molar-refractivity contribution is -0.136. The second-order valence-electron chi connectivity index (χ2n) is 9.96. The Hall–Kier alpha value is -2.61. The third-order valence-electron chi connectivity index (χ3n) is 6.66. The number of hydrogen-bond acceptors (Lipinski definition) is 5. The predicted molar refractivity (Wildman–Crippen MR) is 131 cm³/mol. The van der Waals surface area contributed by atoms with Crippen LogP contribution in [0.25, 0.3) is 0 Å². The van der Waals surface area contributed by atoms with Gasteiger partial charge >= 0.3 is 0 Å². The minimum absolute atomic E-state index is 0.177. The summed E-state index contributed by atoms with van der Waals surface area (Å²) in [6.45, 7) is 7.29. The fourth-order valence-electron chi connectivity index (χ4n) is 4.75. The molecule has 1 saturated carbocycles. The van der Waals surface area contributed by atoms with Gasteiger partial charge < -0.3 is 26.0 Å². The Morgan fingerprint density at radius 1 is 1.03 bits per heavy atom. The van der Waals surface area contributed by atoms with Crippen LogP contribution in [0.1, 0.15) is 64.9 Å². The molecular formula is C26H40N4O4. The number of rotatable bonds is 2. The Morgan fingerprint density at radius 3 is 2.50 bits per heavy atom. The van der Waals surface area contributed by atoms with E-state index in [1.807, 2.05) is 24.3 Å². The van der Waals surface area contributed by atoms with Crippen LogP contribution in [0.15, 0.2) is 24.3 Å². The first-order valence-electron chi connectivity index (χ1n) is 12.7. The van der Waals surface area contributed by atoms with E-state index < -0.39 is 17.6 Å². The number of nitrogens with one attached hydrogen (secondary N) is 4. The highest BCUT2D eigenvalue weighted by molar-refractivity contribution is 5.96. The zero-order valence-electron chi connectivity index (χ0n) is 20.7. The van der Waals surface area contributed by atoms with Crippen LogP contribution >= 0.6 is 0 Å². The van der Waals surface area contributed by atoms with Crippen molar-refractivity contribution in [1.82, 2.24) is 21.3 Å². The third kappa shape index (κ3) is 6.95. The zero-order chi connectivity index (χ0) is 24.6. The highest BCUT2D eigenvalue weighted by atomic mass is 16.5. The standard InChI is InChI=1S/C26H40N4O4/c1-18(2)17-21-24(32)30-26(12-6-7-13-26)25(33)29-19(3)23(31)28-14-8-10-20-9-4-5-11-22(20)34-16-15-27-21/h4-5,9,11,18-19,21,27H,6-8,10,12-17H2,1-3H3,(H,28,31)(H,29,33)(H,30,32)/t19-,21-/m0/s1. The number of amides is 3. The van der Waals surface area contributed by atoms with Gasteiger partial charge in [-0.3, -0.25) is 14.4 Å². The summed E-state index contributed by atoms with van der Waals surface area (Å²) < 4.78 is 6.02. The minimum atomic E-state index is -0.969. The van der Waals surface area contributed by atoms with E-state index in [1.54, 1.807) is 6.92 Å². The van der Waals surface area contributed by atoms with Gasteiger partial charge in [-0.05, 0) is 56.6 Å². The van der Waals surface area contributed by atoms with Crippen LogP contribution in [0.3, 0.4) is 0 Å². The number of para-hydroxylation sites is 1. The van der Waals surface area contributed by atoms with Crippen LogP contribution in [0.4, 0.5) is 0 Å². The molecule has 0 radical (unpaired) electrons. The maximum absolute atomic E-state index is 13.3. The quantitative estimate of drug-likeness (QED) is 0.527. The molecule has 0 saturated heterocycles. The van der Waals surface area contributed by atoms with E-state index in [0.29, 0.717) is 44.9 Å². The summed E-state index contributed by atoms with van der Waals surface area (Å²) in [4.78, 5) is 39.2. The third-order valence-corrected chi connectivity index (χ3v) is 6.66. The van der Waals surface area contributed by atoms with E-state index in [9.17, 15) is 14.4 Å². The van der Waals surface area contributed by atoms with Crippen LogP contribution in [0.2, 0.25) is 0 Å². The first-order chi connectivity index (χ1) is 16.3. The van der Waals surface area contributed by atoms with E-state index in [4.69, 9.17) is 4.74 Å². The minimum Gasteiger partial charge on any atom is -0.492 e. The SMILES string of the molecule is CC(C)C[C@@H]1NCCOc2ccccc2CCCNC(=O)[C@H](C)NC(=O)C2(CCCC2)NC1=O. The molecule has 1 fully saturated rings. The average Bonchev–Trinajstić information content (AvgIpc) is 3.28. The lowest BCUT2D eigenvalue weighted by atomic mass is 9.94. The molecule has 1 aromatic carbocycles. The van der Waals surface area contributed by atoms with Crippen LogP contribution in [0.5, 0.6) is 5.75 Å². The molecule has 3 amide bonds. The maximum atomic E-state index is 13.3. The summed E-state index contributed by atoms with van der Waals surface area (Å²) in [6, 6.07) is 6.79. The lowest BCUT2D eigenvalue weighted by Crippen LogP contribution is -2.62. The molecule has 1 aliphatic carbocycles. The topological polar surface area (TPSA) is 109 Å².